The van der Waals surface area contributed by atoms with E-state index in [1.54, 1.807) is 0 Å². The molecule has 5 nitrogen and oxygen atoms in total. The smallest absolute Gasteiger partial charge is 0.306 e. The number of carbonyl (C=O) groups is 3. The monoisotopic (exact) mass is 473 g/mol. The SMILES string of the molecule is CCCCNC(=O)CCCCC(=O)O[C@H]1CC[C@H]2[C@@H]3CC[C@H]4CC(=O)CC[C@]4(C)[C@H]3CC[C@]12C. The molecule has 5 heteroatoms. The zero-order chi connectivity index (χ0) is 24.3. The van der Waals surface area contributed by atoms with E-state index in [4.69, 9.17) is 4.74 Å². The Bertz CT molecular complexity index is 765. The van der Waals surface area contributed by atoms with Crippen molar-refractivity contribution in [3.63, 3.8) is 0 Å². The Morgan fingerprint density at radius 2 is 1.71 bits per heavy atom. The number of amides is 1. The van der Waals surface area contributed by atoms with Crippen molar-refractivity contribution in [3.8, 4) is 0 Å². The molecule has 34 heavy (non-hydrogen) atoms. The van der Waals surface area contributed by atoms with Crippen molar-refractivity contribution in [3.05, 3.63) is 0 Å². The number of ether oxygens (including phenoxy) is 1. The lowest BCUT2D eigenvalue weighted by atomic mass is 9.45. The Morgan fingerprint density at radius 3 is 2.50 bits per heavy atom. The van der Waals surface area contributed by atoms with Gasteiger partial charge in [-0.25, -0.2) is 0 Å². The summed E-state index contributed by atoms with van der Waals surface area (Å²) in [7, 11) is 0. The second-order valence-electron chi connectivity index (χ2n) is 12.4. The molecule has 4 aliphatic carbocycles. The van der Waals surface area contributed by atoms with Crippen LogP contribution in [0.5, 0.6) is 0 Å². The van der Waals surface area contributed by atoms with E-state index in [2.05, 4.69) is 26.1 Å². The molecule has 4 fully saturated rings. The number of Topliss-reactive ketones (excluding diaryl/α,β-unsaturated/α-hetero) is 1. The Balaban J connectivity index is 1.26. The molecule has 1 amide bonds. The van der Waals surface area contributed by atoms with E-state index in [9.17, 15) is 14.4 Å². The zero-order valence-corrected chi connectivity index (χ0v) is 21.8. The first-order valence-corrected chi connectivity index (χ1v) is 14.3. The number of unbranched alkanes of at least 4 members (excludes halogenated alkanes) is 2. The van der Waals surface area contributed by atoms with E-state index >= 15 is 0 Å². The summed E-state index contributed by atoms with van der Waals surface area (Å²) in [6.07, 6.45) is 14.2. The van der Waals surface area contributed by atoms with Crippen LogP contribution in [0.4, 0.5) is 0 Å². The van der Waals surface area contributed by atoms with Gasteiger partial charge in [0, 0.05) is 37.6 Å². The molecule has 7 atom stereocenters. The minimum atomic E-state index is -0.0816. The normalized spacial score (nSPS) is 39.0. The Hall–Kier alpha value is -1.39. The molecule has 0 aromatic heterocycles. The van der Waals surface area contributed by atoms with E-state index in [1.807, 2.05) is 0 Å². The maximum absolute atomic E-state index is 12.7. The maximum atomic E-state index is 12.7. The molecule has 0 heterocycles. The van der Waals surface area contributed by atoms with E-state index in [1.165, 1.54) is 25.7 Å². The number of carbonyl (C=O) groups excluding carboxylic acids is 3. The summed E-state index contributed by atoms with van der Waals surface area (Å²) < 4.78 is 6.11. The van der Waals surface area contributed by atoms with Crippen LogP contribution in [-0.4, -0.2) is 30.3 Å². The Kier molecular flexibility index (Phi) is 8.09. The zero-order valence-electron chi connectivity index (χ0n) is 21.8. The second kappa shape index (κ2) is 10.7. The van der Waals surface area contributed by atoms with Crippen molar-refractivity contribution >= 4 is 17.7 Å². The largest absolute Gasteiger partial charge is 0.462 e. The molecule has 0 aromatic carbocycles. The Morgan fingerprint density at radius 1 is 0.941 bits per heavy atom. The van der Waals surface area contributed by atoms with E-state index in [0.29, 0.717) is 35.9 Å². The quantitative estimate of drug-likeness (QED) is 0.330. The molecule has 0 unspecified atom stereocenters. The third-order valence-corrected chi connectivity index (χ3v) is 10.6. The van der Waals surface area contributed by atoms with Gasteiger partial charge >= 0.3 is 5.97 Å². The molecule has 1 N–H and O–H groups in total. The third kappa shape index (κ3) is 5.09. The van der Waals surface area contributed by atoms with Gasteiger partial charge in [-0.15, -0.1) is 0 Å². The van der Waals surface area contributed by atoms with Gasteiger partial charge < -0.3 is 10.1 Å². The fourth-order valence-electron chi connectivity index (χ4n) is 8.46. The van der Waals surface area contributed by atoms with Crippen LogP contribution in [0.15, 0.2) is 0 Å². The lowest BCUT2D eigenvalue weighted by molar-refractivity contribution is -0.164. The fraction of sp³-hybridized carbons (Fsp3) is 0.897. The molecular weight excluding hydrogens is 426 g/mol. The molecule has 0 saturated heterocycles. The molecule has 4 rings (SSSR count). The van der Waals surface area contributed by atoms with Crippen molar-refractivity contribution in [2.75, 3.05) is 6.54 Å². The summed E-state index contributed by atoms with van der Waals surface area (Å²) in [5.74, 6) is 3.18. The van der Waals surface area contributed by atoms with Crippen molar-refractivity contribution in [2.24, 2.45) is 34.5 Å². The highest BCUT2D eigenvalue weighted by Gasteiger charge is 2.61. The van der Waals surface area contributed by atoms with Gasteiger partial charge in [-0.2, -0.15) is 0 Å². The minimum Gasteiger partial charge on any atom is -0.462 e. The summed E-state index contributed by atoms with van der Waals surface area (Å²) in [5.41, 5.74) is 0.430. The van der Waals surface area contributed by atoms with Crippen molar-refractivity contribution in [1.82, 2.24) is 5.32 Å². The van der Waals surface area contributed by atoms with Crippen LogP contribution in [0.25, 0.3) is 0 Å². The lowest BCUT2D eigenvalue weighted by Gasteiger charge is -2.60. The van der Waals surface area contributed by atoms with Gasteiger partial charge in [-0.1, -0.05) is 27.2 Å². The second-order valence-corrected chi connectivity index (χ2v) is 12.4. The lowest BCUT2D eigenvalue weighted by Crippen LogP contribution is -2.54. The van der Waals surface area contributed by atoms with Crippen LogP contribution >= 0.6 is 0 Å². The highest BCUT2D eigenvalue weighted by molar-refractivity contribution is 5.79. The fourth-order valence-corrected chi connectivity index (χ4v) is 8.46. The maximum Gasteiger partial charge on any atom is 0.306 e. The molecule has 4 saturated carbocycles. The molecule has 0 aliphatic heterocycles. The van der Waals surface area contributed by atoms with E-state index in [-0.39, 0.29) is 23.4 Å². The van der Waals surface area contributed by atoms with E-state index in [0.717, 1.165) is 76.2 Å². The summed E-state index contributed by atoms with van der Waals surface area (Å²) >= 11 is 0. The number of esters is 1. The molecule has 0 radical (unpaired) electrons. The van der Waals surface area contributed by atoms with Crippen LogP contribution in [0, 0.1) is 34.5 Å². The molecular formula is C29H47NO4. The summed E-state index contributed by atoms with van der Waals surface area (Å²) in [6, 6.07) is 0. The number of fused-ring (bicyclic) bond motifs is 5. The minimum absolute atomic E-state index is 0.0433. The van der Waals surface area contributed by atoms with Crippen molar-refractivity contribution in [1.29, 1.82) is 0 Å². The van der Waals surface area contributed by atoms with Crippen LogP contribution in [0.3, 0.4) is 0 Å². The number of hydrogen-bond acceptors (Lipinski definition) is 4. The van der Waals surface area contributed by atoms with Crippen molar-refractivity contribution < 1.29 is 19.1 Å². The number of nitrogens with one attached hydrogen (secondary N) is 1. The van der Waals surface area contributed by atoms with Gasteiger partial charge in [-0.3, -0.25) is 14.4 Å². The topological polar surface area (TPSA) is 72.5 Å². The van der Waals surface area contributed by atoms with Gasteiger partial charge in [0.05, 0.1) is 0 Å². The van der Waals surface area contributed by atoms with Crippen LogP contribution in [0.2, 0.25) is 0 Å². The summed E-state index contributed by atoms with van der Waals surface area (Å²) in [4.78, 5) is 36.6. The number of rotatable bonds is 9. The Labute approximate surface area is 206 Å². The van der Waals surface area contributed by atoms with Crippen LogP contribution in [-0.2, 0) is 19.1 Å². The first-order valence-electron chi connectivity index (χ1n) is 14.3. The first-order chi connectivity index (χ1) is 16.3. The van der Waals surface area contributed by atoms with E-state index < -0.39 is 0 Å². The molecule has 192 valence electrons. The van der Waals surface area contributed by atoms with Gasteiger partial charge in [0.15, 0.2) is 0 Å². The highest BCUT2D eigenvalue weighted by Crippen LogP contribution is 2.66. The first kappa shape index (κ1) is 25.7. The third-order valence-electron chi connectivity index (χ3n) is 10.6. The molecule has 0 bridgehead atoms. The van der Waals surface area contributed by atoms with Gasteiger partial charge in [0.25, 0.3) is 0 Å². The van der Waals surface area contributed by atoms with Gasteiger partial charge in [-0.05, 0) is 93.3 Å². The average Bonchev–Trinajstić information content (AvgIpc) is 3.13. The molecule has 0 aromatic rings. The van der Waals surface area contributed by atoms with Gasteiger partial charge in [0.2, 0.25) is 5.91 Å². The predicted octanol–water partition coefficient (Wildman–Crippen LogP) is 5.99. The molecule has 4 aliphatic rings. The highest BCUT2D eigenvalue weighted by atomic mass is 16.5. The van der Waals surface area contributed by atoms with Crippen LogP contribution < -0.4 is 5.32 Å². The van der Waals surface area contributed by atoms with Crippen molar-refractivity contribution in [2.45, 2.75) is 123 Å². The summed E-state index contributed by atoms with van der Waals surface area (Å²) in [6.45, 7) is 7.73. The molecule has 0 spiro atoms. The summed E-state index contributed by atoms with van der Waals surface area (Å²) in [5, 5.41) is 2.94. The standard InChI is InChI=1S/C29H47NO4/c1-4-5-18-30-26(32)8-6-7-9-27(33)34-25-13-12-23-22-11-10-20-19-21(31)14-16-28(20,2)24(22)15-17-29(23,25)3/h20,22-25H,4-19H2,1-3H3,(H,30,32)/t20-,22-,23-,24-,25-,28-,29-/m0/s1. The average molecular weight is 474 g/mol. The number of hydrogen-bond donors (Lipinski definition) is 1. The predicted molar refractivity (Wildman–Crippen MR) is 133 cm³/mol. The van der Waals surface area contributed by atoms with Crippen LogP contribution in [0.1, 0.15) is 117 Å². The van der Waals surface area contributed by atoms with Gasteiger partial charge in [0.1, 0.15) is 11.9 Å². The number of ketones is 1.